The first-order valence-corrected chi connectivity index (χ1v) is 7.13. The molecule has 0 radical (unpaired) electrons. The van der Waals surface area contributed by atoms with Crippen molar-refractivity contribution in [3.63, 3.8) is 0 Å². The lowest BCUT2D eigenvalue weighted by molar-refractivity contribution is -0.130. The first kappa shape index (κ1) is 14.0. The van der Waals surface area contributed by atoms with Crippen molar-refractivity contribution in [2.24, 2.45) is 0 Å². The summed E-state index contributed by atoms with van der Waals surface area (Å²) in [6, 6.07) is 6.27. The summed E-state index contributed by atoms with van der Waals surface area (Å²) in [5.41, 5.74) is 1.04. The van der Waals surface area contributed by atoms with E-state index in [1.807, 2.05) is 30.1 Å². The zero-order valence-corrected chi connectivity index (χ0v) is 11.6. The van der Waals surface area contributed by atoms with Gasteiger partial charge in [0.05, 0.1) is 0 Å². The molecule has 1 saturated heterocycles. The summed E-state index contributed by atoms with van der Waals surface area (Å²) in [7, 11) is 1.88. The highest BCUT2D eigenvalue weighted by atomic mass is 16.2. The van der Waals surface area contributed by atoms with Crippen molar-refractivity contribution >= 4 is 5.91 Å². The monoisotopic (exact) mass is 261 g/mol. The average molecular weight is 261 g/mol. The molecular weight excluding hydrogens is 238 g/mol. The number of amides is 1. The Bertz CT molecular complexity index is 388. The largest absolute Gasteiger partial charge is 0.345 e. The standard InChI is InChI=1S/C15H23N3O/c1-18(11-8-13-6-2-4-9-16-13)15(19)12-14-7-3-5-10-17-14/h2,4,6,9,14,17H,3,5,7-8,10-12H2,1H3. The molecular formula is C15H23N3O. The molecule has 0 saturated carbocycles. The second-order valence-corrected chi connectivity index (χ2v) is 5.24. The molecule has 2 rings (SSSR count). The van der Waals surface area contributed by atoms with E-state index in [0.717, 1.165) is 31.6 Å². The fourth-order valence-electron chi connectivity index (χ4n) is 2.42. The second kappa shape index (κ2) is 7.24. The van der Waals surface area contributed by atoms with Crippen molar-refractivity contribution in [3.8, 4) is 0 Å². The number of piperidine rings is 1. The minimum atomic E-state index is 0.232. The average Bonchev–Trinajstić information content (AvgIpc) is 2.47. The molecule has 0 spiro atoms. The Balaban J connectivity index is 1.72. The van der Waals surface area contributed by atoms with E-state index in [9.17, 15) is 4.79 Å². The Morgan fingerprint density at radius 2 is 2.37 bits per heavy atom. The molecule has 4 nitrogen and oxygen atoms in total. The summed E-state index contributed by atoms with van der Waals surface area (Å²) >= 11 is 0. The number of aromatic nitrogens is 1. The molecule has 1 aliphatic rings. The van der Waals surface area contributed by atoms with Crippen LogP contribution in [0.25, 0.3) is 0 Å². The fraction of sp³-hybridized carbons (Fsp3) is 0.600. The molecule has 1 atom stereocenters. The first-order valence-electron chi connectivity index (χ1n) is 7.13. The molecule has 1 fully saturated rings. The molecule has 1 aromatic rings. The van der Waals surface area contributed by atoms with E-state index in [4.69, 9.17) is 0 Å². The summed E-state index contributed by atoms with van der Waals surface area (Å²) in [6.07, 6.45) is 6.84. The van der Waals surface area contributed by atoms with E-state index < -0.39 is 0 Å². The van der Waals surface area contributed by atoms with Crippen molar-refractivity contribution in [3.05, 3.63) is 30.1 Å². The molecule has 1 aliphatic heterocycles. The van der Waals surface area contributed by atoms with Crippen molar-refractivity contribution in [1.29, 1.82) is 0 Å². The summed E-state index contributed by atoms with van der Waals surface area (Å²) in [6.45, 7) is 1.79. The topological polar surface area (TPSA) is 45.2 Å². The number of nitrogens with one attached hydrogen (secondary N) is 1. The zero-order chi connectivity index (χ0) is 13.5. The lowest BCUT2D eigenvalue weighted by Crippen LogP contribution is -2.39. The van der Waals surface area contributed by atoms with Crippen molar-refractivity contribution in [2.45, 2.75) is 38.1 Å². The van der Waals surface area contributed by atoms with Crippen LogP contribution < -0.4 is 5.32 Å². The number of pyridine rings is 1. The second-order valence-electron chi connectivity index (χ2n) is 5.24. The van der Waals surface area contributed by atoms with E-state index in [2.05, 4.69) is 10.3 Å². The zero-order valence-electron chi connectivity index (χ0n) is 11.6. The van der Waals surface area contributed by atoms with E-state index in [1.165, 1.54) is 12.8 Å². The fourth-order valence-corrected chi connectivity index (χ4v) is 2.42. The van der Waals surface area contributed by atoms with Gasteiger partial charge in [0.2, 0.25) is 5.91 Å². The normalized spacial score (nSPS) is 19.1. The van der Waals surface area contributed by atoms with Gasteiger partial charge in [0.1, 0.15) is 0 Å². The highest BCUT2D eigenvalue weighted by Crippen LogP contribution is 2.11. The van der Waals surface area contributed by atoms with Gasteiger partial charge in [-0.3, -0.25) is 9.78 Å². The highest BCUT2D eigenvalue weighted by molar-refractivity contribution is 5.76. The van der Waals surface area contributed by atoms with Gasteiger partial charge in [-0.05, 0) is 31.5 Å². The first-order chi connectivity index (χ1) is 9.25. The molecule has 1 N–H and O–H groups in total. The van der Waals surface area contributed by atoms with Gasteiger partial charge in [0, 0.05) is 44.4 Å². The molecule has 0 aromatic carbocycles. The number of nitrogens with zero attached hydrogens (tertiary/aromatic N) is 2. The van der Waals surface area contributed by atoms with Crippen LogP contribution in [0.1, 0.15) is 31.4 Å². The van der Waals surface area contributed by atoms with Gasteiger partial charge in [0.15, 0.2) is 0 Å². The molecule has 19 heavy (non-hydrogen) atoms. The predicted molar refractivity (Wildman–Crippen MR) is 75.8 cm³/mol. The Hall–Kier alpha value is -1.42. The third-order valence-electron chi connectivity index (χ3n) is 3.69. The molecule has 104 valence electrons. The third-order valence-corrected chi connectivity index (χ3v) is 3.69. The minimum absolute atomic E-state index is 0.232. The SMILES string of the molecule is CN(CCc1ccccn1)C(=O)CC1CCCCN1. The number of likely N-dealkylation sites (N-methyl/N-ethyl adjacent to an activating group) is 1. The molecule has 1 aromatic heterocycles. The van der Waals surface area contributed by atoms with Crippen molar-refractivity contribution in [2.75, 3.05) is 20.1 Å². The van der Waals surface area contributed by atoms with Gasteiger partial charge in [-0.2, -0.15) is 0 Å². The predicted octanol–water partition coefficient (Wildman–Crippen LogP) is 1.61. The summed E-state index contributed by atoms with van der Waals surface area (Å²) in [5, 5.41) is 3.42. The lowest BCUT2D eigenvalue weighted by atomic mass is 10.0. The maximum atomic E-state index is 12.1. The smallest absolute Gasteiger partial charge is 0.223 e. The van der Waals surface area contributed by atoms with Gasteiger partial charge < -0.3 is 10.2 Å². The van der Waals surface area contributed by atoms with Gasteiger partial charge in [-0.25, -0.2) is 0 Å². The van der Waals surface area contributed by atoms with E-state index in [0.29, 0.717) is 12.5 Å². The van der Waals surface area contributed by atoms with E-state index in [-0.39, 0.29) is 5.91 Å². The summed E-state index contributed by atoms with van der Waals surface area (Å²) < 4.78 is 0. The van der Waals surface area contributed by atoms with Crippen LogP contribution in [0.2, 0.25) is 0 Å². The molecule has 1 amide bonds. The van der Waals surface area contributed by atoms with Crippen LogP contribution in [0, 0.1) is 0 Å². The number of hydrogen-bond donors (Lipinski definition) is 1. The Morgan fingerprint density at radius 3 is 3.05 bits per heavy atom. The summed E-state index contributed by atoms with van der Waals surface area (Å²) in [5.74, 6) is 0.232. The Labute approximate surface area is 115 Å². The third kappa shape index (κ3) is 4.63. The molecule has 1 unspecified atom stereocenters. The van der Waals surface area contributed by atoms with E-state index >= 15 is 0 Å². The number of rotatable bonds is 5. The van der Waals surface area contributed by atoms with Crippen LogP contribution in [0.4, 0.5) is 0 Å². The maximum absolute atomic E-state index is 12.1. The quantitative estimate of drug-likeness (QED) is 0.876. The highest BCUT2D eigenvalue weighted by Gasteiger charge is 2.18. The van der Waals surface area contributed by atoms with Crippen LogP contribution in [0.3, 0.4) is 0 Å². The van der Waals surface area contributed by atoms with Crippen LogP contribution in [-0.4, -0.2) is 42.0 Å². The summed E-state index contributed by atoms with van der Waals surface area (Å²) in [4.78, 5) is 18.2. The van der Waals surface area contributed by atoms with Crippen LogP contribution >= 0.6 is 0 Å². The van der Waals surface area contributed by atoms with Crippen molar-refractivity contribution in [1.82, 2.24) is 15.2 Å². The van der Waals surface area contributed by atoms with Gasteiger partial charge >= 0.3 is 0 Å². The minimum Gasteiger partial charge on any atom is -0.345 e. The van der Waals surface area contributed by atoms with Crippen LogP contribution in [-0.2, 0) is 11.2 Å². The number of carbonyl (C=O) groups is 1. The molecule has 0 aliphatic carbocycles. The Morgan fingerprint density at radius 1 is 1.47 bits per heavy atom. The lowest BCUT2D eigenvalue weighted by Gasteiger charge is -2.25. The van der Waals surface area contributed by atoms with Crippen LogP contribution in [0.5, 0.6) is 0 Å². The van der Waals surface area contributed by atoms with Gasteiger partial charge in [-0.15, -0.1) is 0 Å². The van der Waals surface area contributed by atoms with Gasteiger partial charge in [0.25, 0.3) is 0 Å². The van der Waals surface area contributed by atoms with Gasteiger partial charge in [-0.1, -0.05) is 12.5 Å². The Kier molecular flexibility index (Phi) is 5.33. The molecule has 2 heterocycles. The number of carbonyl (C=O) groups excluding carboxylic acids is 1. The maximum Gasteiger partial charge on any atom is 0.223 e. The van der Waals surface area contributed by atoms with E-state index in [1.54, 1.807) is 6.20 Å². The van der Waals surface area contributed by atoms with Crippen LogP contribution in [0.15, 0.2) is 24.4 Å². The number of hydrogen-bond acceptors (Lipinski definition) is 3. The molecule has 0 bridgehead atoms. The van der Waals surface area contributed by atoms with Crippen molar-refractivity contribution < 1.29 is 4.79 Å². The molecule has 4 heteroatoms.